The van der Waals surface area contributed by atoms with Gasteiger partial charge in [-0.25, -0.2) is 0 Å². The van der Waals surface area contributed by atoms with Gasteiger partial charge in [-0.3, -0.25) is 9.59 Å². The maximum atomic E-state index is 13.9. The minimum atomic E-state index is -0.713. The fraction of sp³-hybridized carbons (Fsp3) is 0.448. The monoisotopic (exact) mass is 523 g/mol. The first-order chi connectivity index (χ1) is 18.0. The number of carbonyl (C=O) groups is 2. The van der Waals surface area contributed by atoms with Crippen LogP contribution >= 0.6 is 11.3 Å². The second-order valence-corrected chi connectivity index (χ2v) is 10.6. The number of methoxy groups -OCH3 is 2. The molecule has 1 fully saturated rings. The molecule has 4 rings (SSSR count). The molecular formula is C29H37N3O4S. The van der Waals surface area contributed by atoms with Crippen LogP contribution in [-0.4, -0.2) is 48.1 Å². The first-order valence-electron chi connectivity index (χ1n) is 12.9. The summed E-state index contributed by atoms with van der Waals surface area (Å²) in [7, 11) is 5.14. The molecule has 0 saturated heterocycles. The van der Waals surface area contributed by atoms with Crippen LogP contribution < -0.4 is 14.8 Å². The Morgan fingerprint density at radius 2 is 1.86 bits per heavy atom. The molecule has 1 aromatic carbocycles. The Hall–Kier alpha value is -3.26. The highest BCUT2D eigenvalue weighted by atomic mass is 32.1. The van der Waals surface area contributed by atoms with Gasteiger partial charge in [0.1, 0.15) is 0 Å². The van der Waals surface area contributed by atoms with Crippen LogP contribution in [0.5, 0.6) is 11.5 Å². The van der Waals surface area contributed by atoms with Gasteiger partial charge in [-0.05, 0) is 60.5 Å². The van der Waals surface area contributed by atoms with Crippen molar-refractivity contribution < 1.29 is 19.1 Å². The highest BCUT2D eigenvalue weighted by Gasteiger charge is 2.34. The van der Waals surface area contributed by atoms with Crippen molar-refractivity contribution in [2.75, 3.05) is 20.8 Å². The summed E-state index contributed by atoms with van der Waals surface area (Å²) in [5.74, 6) is 1.13. The van der Waals surface area contributed by atoms with E-state index in [1.807, 2.05) is 65.7 Å². The highest BCUT2D eigenvalue weighted by Crippen LogP contribution is 2.29. The Kier molecular flexibility index (Phi) is 9.28. The van der Waals surface area contributed by atoms with Gasteiger partial charge in [-0.2, -0.15) is 0 Å². The summed E-state index contributed by atoms with van der Waals surface area (Å²) in [6.45, 7) is 0.396. The summed E-state index contributed by atoms with van der Waals surface area (Å²) >= 11 is 1.56. The predicted octanol–water partition coefficient (Wildman–Crippen LogP) is 4.91. The molecule has 0 unspecified atom stereocenters. The van der Waals surface area contributed by atoms with Crippen LogP contribution in [0, 0.1) is 0 Å². The standard InChI is InChI=1S/C29H37N3O4S/c1-31-16-7-12-24(31)28(29(34)30-22-9-5-4-6-10-22)32(27(33)20-23-11-8-18-37-23)17-15-21-13-14-25(35-2)26(19-21)36-3/h7-8,11-14,16,18-19,22,28H,4-6,9-10,15,17,20H2,1-3H3,(H,30,34)/t28-/m1/s1. The minimum absolute atomic E-state index is 0.0621. The van der Waals surface area contributed by atoms with Crippen LogP contribution in [0.3, 0.4) is 0 Å². The van der Waals surface area contributed by atoms with Gasteiger partial charge >= 0.3 is 0 Å². The Bertz CT molecular complexity index is 1170. The molecule has 1 aliphatic carbocycles. The van der Waals surface area contributed by atoms with E-state index in [1.165, 1.54) is 6.42 Å². The predicted molar refractivity (Wildman–Crippen MR) is 146 cm³/mol. The van der Waals surface area contributed by atoms with E-state index in [4.69, 9.17) is 9.47 Å². The van der Waals surface area contributed by atoms with Gasteiger partial charge in [0.15, 0.2) is 17.5 Å². The summed E-state index contributed by atoms with van der Waals surface area (Å²) in [6, 6.07) is 13.0. The smallest absolute Gasteiger partial charge is 0.249 e. The van der Waals surface area contributed by atoms with Crippen molar-refractivity contribution in [2.24, 2.45) is 7.05 Å². The fourth-order valence-corrected chi connectivity index (χ4v) is 5.76. The molecule has 3 aromatic rings. The fourth-order valence-electron chi connectivity index (χ4n) is 5.07. The molecular weight excluding hydrogens is 486 g/mol. The number of nitrogens with zero attached hydrogens (tertiary/aromatic N) is 2. The number of nitrogens with one attached hydrogen (secondary N) is 1. The lowest BCUT2D eigenvalue weighted by Gasteiger charge is -2.33. The van der Waals surface area contributed by atoms with Crippen LogP contribution in [0.15, 0.2) is 54.0 Å². The molecule has 2 heterocycles. The number of benzene rings is 1. The number of carbonyl (C=O) groups excluding carboxylic acids is 2. The van der Waals surface area contributed by atoms with E-state index in [-0.39, 0.29) is 24.3 Å². The molecule has 0 spiro atoms. The molecule has 8 heteroatoms. The highest BCUT2D eigenvalue weighted by molar-refractivity contribution is 7.10. The van der Waals surface area contributed by atoms with Gasteiger partial charge in [0.2, 0.25) is 11.8 Å². The van der Waals surface area contributed by atoms with Gasteiger partial charge in [0.25, 0.3) is 0 Å². The zero-order valence-electron chi connectivity index (χ0n) is 21.9. The van der Waals surface area contributed by atoms with Crippen molar-refractivity contribution >= 4 is 23.2 Å². The van der Waals surface area contributed by atoms with Gasteiger partial charge < -0.3 is 24.3 Å². The third-order valence-corrected chi connectivity index (χ3v) is 7.97. The quantitative estimate of drug-likeness (QED) is 0.388. The molecule has 1 aliphatic rings. The lowest BCUT2D eigenvalue weighted by Crippen LogP contribution is -2.48. The van der Waals surface area contributed by atoms with Crippen molar-refractivity contribution in [1.29, 1.82) is 0 Å². The van der Waals surface area contributed by atoms with Crippen molar-refractivity contribution in [3.8, 4) is 11.5 Å². The Morgan fingerprint density at radius 3 is 2.51 bits per heavy atom. The number of hydrogen-bond donors (Lipinski definition) is 1. The van der Waals surface area contributed by atoms with Gasteiger partial charge in [-0.15, -0.1) is 11.3 Å². The van der Waals surface area contributed by atoms with E-state index in [9.17, 15) is 9.59 Å². The normalized spacial score (nSPS) is 14.7. The molecule has 198 valence electrons. The van der Waals surface area contributed by atoms with Crippen LogP contribution in [0.1, 0.15) is 54.3 Å². The maximum Gasteiger partial charge on any atom is 0.249 e. The molecule has 2 amide bonds. The van der Waals surface area contributed by atoms with Gasteiger partial charge in [0, 0.05) is 36.4 Å². The average Bonchev–Trinajstić information content (AvgIpc) is 3.58. The van der Waals surface area contributed by atoms with E-state index < -0.39 is 6.04 Å². The number of rotatable bonds is 11. The average molecular weight is 524 g/mol. The lowest BCUT2D eigenvalue weighted by atomic mass is 9.95. The van der Waals surface area contributed by atoms with E-state index in [1.54, 1.807) is 30.5 Å². The number of amides is 2. The zero-order valence-corrected chi connectivity index (χ0v) is 22.8. The Labute approximate surface area is 223 Å². The third kappa shape index (κ3) is 6.74. The van der Waals surface area contributed by atoms with Crippen LogP contribution in [-0.2, 0) is 29.5 Å². The number of thiophene rings is 1. The molecule has 37 heavy (non-hydrogen) atoms. The van der Waals surface area contributed by atoms with E-state index >= 15 is 0 Å². The Morgan fingerprint density at radius 1 is 1.08 bits per heavy atom. The molecule has 1 atom stereocenters. The summed E-state index contributed by atoms with van der Waals surface area (Å²) in [6.07, 6.45) is 8.20. The third-order valence-electron chi connectivity index (χ3n) is 7.09. The maximum absolute atomic E-state index is 13.9. The molecule has 0 bridgehead atoms. The topological polar surface area (TPSA) is 72.8 Å². The number of aryl methyl sites for hydroxylation is 1. The van der Waals surface area contributed by atoms with Crippen LogP contribution in [0.4, 0.5) is 0 Å². The molecule has 7 nitrogen and oxygen atoms in total. The molecule has 0 aliphatic heterocycles. The van der Waals surface area contributed by atoms with Crippen molar-refractivity contribution in [3.05, 3.63) is 70.2 Å². The summed E-state index contributed by atoms with van der Waals surface area (Å²) < 4.78 is 12.8. The minimum Gasteiger partial charge on any atom is -0.493 e. The first kappa shape index (κ1) is 26.8. The number of ether oxygens (including phenoxy) is 2. The summed E-state index contributed by atoms with van der Waals surface area (Å²) in [5.41, 5.74) is 1.81. The van der Waals surface area contributed by atoms with Gasteiger partial charge in [0.05, 0.1) is 20.6 Å². The summed E-state index contributed by atoms with van der Waals surface area (Å²) in [4.78, 5) is 30.4. The lowest BCUT2D eigenvalue weighted by molar-refractivity contribution is -0.141. The largest absolute Gasteiger partial charge is 0.493 e. The molecule has 0 radical (unpaired) electrons. The van der Waals surface area contributed by atoms with E-state index in [0.717, 1.165) is 41.8 Å². The molecule has 2 aromatic heterocycles. The molecule has 1 N–H and O–H groups in total. The van der Waals surface area contributed by atoms with Crippen molar-refractivity contribution in [2.45, 2.75) is 57.0 Å². The van der Waals surface area contributed by atoms with Crippen molar-refractivity contribution in [3.63, 3.8) is 0 Å². The molecule has 1 saturated carbocycles. The zero-order chi connectivity index (χ0) is 26.2. The van der Waals surface area contributed by atoms with E-state index in [0.29, 0.717) is 24.5 Å². The van der Waals surface area contributed by atoms with E-state index in [2.05, 4.69) is 5.32 Å². The SMILES string of the molecule is COc1ccc(CCN(C(=O)Cc2cccs2)[C@@H](C(=O)NC2CCCCC2)c2cccn2C)cc1OC. The van der Waals surface area contributed by atoms with Crippen molar-refractivity contribution in [1.82, 2.24) is 14.8 Å². The van der Waals surface area contributed by atoms with Gasteiger partial charge in [-0.1, -0.05) is 31.4 Å². The van der Waals surface area contributed by atoms with Crippen LogP contribution in [0.25, 0.3) is 0 Å². The van der Waals surface area contributed by atoms with Crippen LogP contribution in [0.2, 0.25) is 0 Å². The Balaban J connectivity index is 1.63. The number of hydrogen-bond acceptors (Lipinski definition) is 5. The number of aromatic nitrogens is 1. The summed E-state index contributed by atoms with van der Waals surface area (Å²) in [5, 5.41) is 5.25. The first-order valence-corrected chi connectivity index (χ1v) is 13.8. The second-order valence-electron chi connectivity index (χ2n) is 9.57. The second kappa shape index (κ2) is 12.8.